The van der Waals surface area contributed by atoms with Gasteiger partial charge >= 0.3 is 0 Å². The van der Waals surface area contributed by atoms with Crippen molar-refractivity contribution in [1.29, 1.82) is 0 Å². The molecule has 3 aromatic rings. The van der Waals surface area contributed by atoms with Gasteiger partial charge in [-0.25, -0.2) is 9.37 Å². The quantitative estimate of drug-likeness (QED) is 0.636. The zero-order chi connectivity index (χ0) is 17.1. The monoisotopic (exact) mass is 435 g/mol. The molecule has 6 heteroatoms. The second-order valence-electron chi connectivity index (χ2n) is 5.36. The van der Waals surface area contributed by atoms with Crippen LogP contribution in [0.3, 0.4) is 0 Å². The molecule has 0 aliphatic rings. The van der Waals surface area contributed by atoms with E-state index in [-0.39, 0.29) is 11.7 Å². The van der Waals surface area contributed by atoms with Crippen LogP contribution in [0.5, 0.6) is 0 Å². The average Bonchev–Trinajstić information content (AvgIpc) is 2.99. The Balaban J connectivity index is 1.95. The largest absolute Gasteiger partial charge is 0.338 e. The van der Waals surface area contributed by atoms with E-state index in [4.69, 9.17) is 0 Å². The van der Waals surface area contributed by atoms with E-state index in [0.717, 1.165) is 9.13 Å². The lowest BCUT2D eigenvalue weighted by molar-refractivity contribution is 0.0941. The first-order chi connectivity index (χ1) is 11.5. The summed E-state index contributed by atoms with van der Waals surface area (Å²) in [6.45, 7) is 0. The SMILES string of the molecule is Cn1ccnc1[C@@H](NC(=O)c1cccc(I)c1)c1ccc(F)cc1. The molecule has 1 heterocycles. The minimum Gasteiger partial charge on any atom is -0.338 e. The van der Waals surface area contributed by atoms with E-state index in [1.807, 2.05) is 36.0 Å². The molecule has 0 spiro atoms. The highest BCUT2D eigenvalue weighted by Crippen LogP contribution is 2.21. The van der Waals surface area contributed by atoms with Gasteiger partial charge < -0.3 is 9.88 Å². The van der Waals surface area contributed by atoms with E-state index in [1.165, 1.54) is 12.1 Å². The summed E-state index contributed by atoms with van der Waals surface area (Å²) in [5.41, 5.74) is 1.34. The highest BCUT2D eigenvalue weighted by atomic mass is 127. The molecule has 1 amide bonds. The number of benzene rings is 2. The molecule has 0 saturated carbocycles. The fourth-order valence-electron chi connectivity index (χ4n) is 2.45. The van der Waals surface area contributed by atoms with Crippen molar-refractivity contribution < 1.29 is 9.18 Å². The van der Waals surface area contributed by atoms with Crippen LogP contribution in [-0.2, 0) is 7.05 Å². The molecule has 0 bridgehead atoms. The third kappa shape index (κ3) is 3.64. The lowest BCUT2D eigenvalue weighted by Gasteiger charge is -2.19. The number of aryl methyl sites for hydroxylation is 1. The molecule has 0 aliphatic heterocycles. The van der Waals surface area contributed by atoms with Crippen molar-refractivity contribution in [1.82, 2.24) is 14.9 Å². The number of hydrogen-bond acceptors (Lipinski definition) is 2. The fraction of sp³-hybridized carbons (Fsp3) is 0.111. The van der Waals surface area contributed by atoms with Crippen molar-refractivity contribution in [2.24, 2.45) is 7.05 Å². The van der Waals surface area contributed by atoms with Gasteiger partial charge in [-0.15, -0.1) is 0 Å². The van der Waals surface area contributed by atoms with E-state index < -0.39 is 6.04 Å². The summed E-state index contributed by atoms with van der Waals surface area (Å²) in [4.78, 5) is 17.0. The summed E-state index contributed by atoms with van der Waals surface area (Å²) in [6.07, 6.45) is 3.48. The minimum atomic E-state index is -0.462. The minimum absolute atomic E-state index is 0.203. The number of carbonyl (C=O) groups excluding carboxylic acids is 1. The topological polar surface area (TPSA) is 46.9 Å². The average molecular weight is 435 g/mol. The molecule has 0 fully saturated rings. The van der Waals surface area contributed by atoms with Gasteiger partial charge in [0.25, 0.3) is 5.91 Å². The number of rotatable bonds is 4. The van der Waals surface area contributed by atoms with Crippen LogP contribution in [0.1, 0.15) is 27.8 Å². The summed E-state index contributed by atoms with van der Waals surface area (Å²) in [6, 6.07) is 12.9. The van der Waals surface area contributed by atoms with E-state index >= 15 is 0 Å². The number of imidazole rings is 1. The Morgan fingerprint density at radius 2 is 2.00 bits per heavy atom. The third-order valence-corrected chi connectivity index (χ3v) is 4.35. The molecule has 1 atom stereocenters. The smallest absolute Gasteiger partial charge is 0.252 e. The molecule has 0 saturated heterocycles. The first-order valence-corrected chi connectivity index (χ1v) is 8.41. The van der Waals surface area contributed by atoms with Crippen molar-refractivity contribution >= 4 is 28.5 Å². The van der Waals surface area contributed by atoms with E-state index in [0.29, 0.717) is 11.4 Å². The number of hydrogen-bond donors (Lipinski definition) is 1. The molecule has 3 rings (SSSR count). The van der Waals surface area contributed by atoms with Crippen LogP contribution in [0.25, 0.3) is 0 Å². The summed E-state index contributed by atoms with van der Waals surface area (Å²) in [5, 5.41) is 2.99. The number of halogens is 2. The van der Waals surface area contributed by atoms with E-state index in [2.05, 4.69) is 32.9 Å². The number of amides is 1. The van der Waals surface area contributed by atoms with Gasteiger partial charge in [-0.1, -0.05) is 18.2 Å². The second kappa shape index (κ2) is 7.12. The number of nitrogens with zero attached hydrogens (tertiary/aromatic N) is 2. The molecule has 122 valence electrons. The Labute approximate surface area is 152 Å². The molecule has 0 radical (unpaired) electrons. The second-order valence-corrected chi connectivity index (χ2v) is 6.61. The zero-order valence-corrected chi connectivity index (χ0v) is 15.1. The van der Waals surface area contributed by atoms with Crippen molar-refractivity contribution in [3.8, 4) is 0 Å². The summed E-state index contributed by atoms with van der Waals surface area (Å²) in [7, 11) is 1.86. The van der Waals surface area contributed by atoms with Gasteiger partial charge in [0, 0.05) is 28.6 Å². The van der Waals surface area contributed by atoms with Crippen LogP contribution in [0.15, 0.2) is 60.9 Å². The number of carbonyl (C=O) groups is 1. The molecule has 2 aromatic carbocycles. The maximum atomic E-state index is 13.2. The lowest BCUT2D eigenvalue weighted by atomic mass is 10.1. The van der Waals surface area contributed by atoms with Gasteiger partial charge in [0.15, 0.2) is 0 Å². The van der Waals surface area contributed by atoms with Crippen LogP contribution in [0.2, 0.25) is 0 Å². The number of nitrogens with one attached hydrogen (secondary N) is 1. The van der Waals surface area contributed by atoms with Crippen molar-refractivity contribution in [2.45, 2.75) is 6.04 Å². The van der Waals surface area contributed by atoms with Crippen molar-refractivity contribution in [2.75, 3.05) is 0 Å². The van der Waals surface area contributed by atoms with Crippen LogP contribution >= 0.6 is 22.6 Å². The molecule has 1 aromatic heterocycles. The highest BCUT2D eigenvalue weighted by Gasteiger charge is 2.21. The fourth-order valence-corrected chi connectivity index (χ4v) is 2.99. The van der Waals surface area contributed by atoms with Gasteiger partial charge in [-0.3, -0.25) is 4.79 Å². The Bertz CT molecular complexity index is 861. The van der Waals surface area contributed by atoms with Gasteiger partial charge in [0.05, 0.1) is 0 Å². The summed E-state index contributed by atoms with van der Waals surface area (Å²) < 4.78 is 16.1. The van der Waals surface area contributed by atoms with Crippen LogP contribution in [-0.4, -0.2) is 15.5 Å². The Morgan fingerprint density at radius 3 is 2.62 bits per heavy atom. The molecule has 0 aliphatic carbocycles. The van der Waals surface area contributed by atoms with Crippen LogP contribution < -0.4 is 5.32 Å². The third-order valence-electron chi connectivity index (χ3n) is 3.68. The van der Waals surface area contributed by atoms with Gasteiger partial charge in [0.1, 0.15) is 17.7 Å². The first kappa shape index (κ1) is 16.6. The van der Waals surface area contributed by atoms with Gasteiger partial charge in [-0.2, -0.15) is 0 Å². The van der Waals surface area contributed by atoms with Crippen molar-refractivity contribution in [3.05, 3.63) is 87.3 Å². The summed E-state index contributed by atoms with van der Waals surface area (Å²) in [5.74, 6) is 0.160. The molecular formula is C18H15FIN3O. The molecule has 24 heavy (non-hydrogen) atoms. The standard InChI is InChI=1S/C18H15FIN3O/c1-23-10-9-21-17(23)16(12-5-7-14(19)8-6-12)22-18(24)13-3-2-4-15(20)11-13/h2-11,16H,1H3,(H,22,24)/t16-/m0/s1. The predicted molar refractivity (Wildman–Crippen MR) is 98.1 cm³/mol. The van der Waals surface area contributed by atoms with Gasteiger partial charge in [0.2, 0.25) is 0 Å². The summed E-state index contributed by atoms with van der Waals surface area (Å²) >= 11 is 2.17. The number of aromatic nitrogens is 2. The highest BCUT2D eigenvalue weighted by molar-refractivity contribution is 14.1. The molecule has 0 unspecified atom stereocenters. The predicted octanol–water partition coefficient (Wildman–Crippen LogP) is 3.68. The first-order valence-electron chi connectivity index (χ1n) is 7.34. The molecule has 1 N–H and O–H groups in total. The van der Waals surface area contributed by atoms with Crippen LogP contribution in [0.4, 0.5) is 4.39 Å². The Kier molecular flexibility index (Phi) is 4.94. The maximum absolute atomic E-state index is 13.2. The molecule has 4 nitrogen and oxygen atoms in total. The molecular weight excluding hydrogens is 420 g/mol. The lowest BCUT2D eigenvalue weighted by Crippen LogP contribution is -2.31. The van der Waals surface area contributed by atoms with E-state index in [9.17, 15) is 9.18 Å². The normalized spacial score (nSPS) is 12.0. The van der Waals surface area contributed by atoms with Gasteiger partial charge in [-0.05, 0) is 58.5 Å². The Hall–Kier alpha value is -2.22. The van der Waals surface area contributed by atoms with Crippen molar-refractivity contribution in [3.63, 3.8) is 0 Å². The van der Waals surface area contributed by atoms with Crippen LogP contribution in [0, 0.1) is 9.39 Å². The zero-order valence-electron chi connectivity index (χ0n) is 12.9. The Morgan fingerprint density at radius 1 is 1.25 bits per heavy atom. The maximum Gasteiger partial charge on any atom is 0.252 e. The van der Waals surface area contributed by atoms with E-state index in [1.54, 1.807) is 24.4 Å².